The van der Waals surface area contributed by atoms with Gasteiger partial charge >= 0.3 is 6.18 Å². The molecular weight excluding hydrogens is 255 g/mol. The van der Waals surface area contributed by atoms with E-state index in [1.165, 1.54) is 6.92 Å². The molecular formula is C14H24F3NO. The maximum Gasteiger partial charge on any atom is 0.416 e. The SMILES string of the molecule is CC(N)C(OC1CC2CCC1(C)C2(C)C)C(F)(F)F. The summed E-state index contributed by atoms with van der Waals surface area (Å²) in [7, 11) is 0. The normalized spacial score (nSPS) is 40.4. The van der Waals surface area contributed by atoms with Gasteiger partial charge in [-0.2, -0.15) is 13.2 Å². The predicted octanol–water partition coefficient (Wildman–Crippen LogP) is 3.50. The first kappa shape index (κ1) is 15.1. The topological polar surface area (TPSA) is 35.2 Å². The van der Waals surface area contributed by atoms with Gasteiger partial charge in [0.15, 0.2) is 6.10 Å². The summed E-state index contributed by atoms with van der Waals surface area (Å²) < 4.78 is 44.4. The summed E-state index contributed by atoms with van der Waals surface area (Å²) in [6, 6.07) is -1.04. The Labute approximate surface area is 112 Å². The van der Waals surface area contributed by atoms with Crippen molar-refractivity contribution in [1.29, 1.82) is 0 Å². The lowest BCUT2D eigenvalue weighted by atomic mass is 9.70. The highest BCUT2D eigenvalue weighted by Gasteiger charge is 2.63. The van der Waals surface area contributed by atoms with E-state index in [2.05, 4.69) is 20.8 Å². The average Bonchev–Trinajstić information content (AvgIpc) is 2.55. The summed E-state index contributed by atoms with van der Waals surface area (Å²) in [6.07, 6.45) is -3.82. The fourth-order valence-corrected chi connectivity index (χ4v) is 4.01. The fourth-order valence-electron chi connectivity index (χ4n) is 4.01. The van der Waals surface area contributed by atoms with E-state index in [4.69, 9.17) is 10.5 Å². The minimum Gasteiger partial charge on any atom is -0.363 e. The molecule has 0 saturated heterocycles. The predicted molar refractivity (Wildman–Crippen MR) is 67.6 cm³/mol. The molecule has 0 heterocycles. The summed E-state index contributed by atoms with van der Waals surface area (Å²) >= 11 is 0. The van der Waals surface area contributed by atoms with Gasteiger partial charge in [-0.05, 0) is 42.9 Å². The van der Waals surface area contributed by atoms with Crippen LogP contribution in [0.5, 0.6) is 0 Å². The lowest BCUT2D eigenvalue weighted by molar-refractivity contribution is -0.249. The Morgan fingerprint density at radius 3 is 2.16 bits per heavy atom. The van der Waals surface area contributed by atoms with E-state index in [0.717, 1.165) is 19.3 Å². The van der Waals surface area contributed by atoms with Gasteiger partial charge in [0.25, 0.3) is 0 Å². The number of ether oxygens (including phenoxy) is 1. The number of hydrogen-bond acceptors (Lipinski definition) is 2. The Morgan fingerprint density at radius 2 is 1.84 bits per heavy atom. The first-order chi connectivity index (χ1) is 8.50. The van der Waals surface area contributed by atoms with Crippen molar-refractivity contribution in [1.82, 2.24) is 0 Å². The Kier molecular flexibility index (Phi) is 3.46. The van der Waals surface area contributed by atoms with Crippen LogP contribution in [0, 0.1) is 16.7 Å². The second-order valence-corrected chi connectivity index (χ2v) is 7.06. The van der Waals surface area contributed by atoms with E-state index in [9.17, 15) is 13.2 Å². The van der Waals surface area contributed by atoms with Crippen molar-refractivity contribution in [3.63, 3.8) is 0 Å². The number of halogens is 3. The molecule has 2 saturated carbocycles. The van der Waals surface area contributed by atoms with Gasteiger partial charge in [0.05, 0.1) is 6.10 Å². The van der Waals surface area contributed by atoms with Crippen LogP contribution in [0.3, 0.4) is 0 Å². The first-order valence-electron chi connectivity index (χ1n) is 6.98. The summed E-state index contributed by atoms with van der Waals surface area (Å²) in [4.78, 5) is 0. The van der Waals surface area contributed by atoms with Crippen molar-refractivity contribution < 1.29 is 17.9 Å². The van der Waals surface area contributed by atoms with Gasteiger partial charge in [0, 0.05) is 6.04 Å². The zero-order chi connectivity index (χ0) is 14.6. The van der Waals surface area contributed by atoms with Crippen molar-refractivity contribution in [2.24, 2.45) is 22.5 Å². The summed E-state index contributed by atoms with van der Waals surface area (Å²) in [5.41, 5.74) is 5.34. The van der Waals surface area contributed by atoms with Crippen molar-refractivity contribution in [2.45, 2.75) is 71.4 Å². The Hall–Kier alpha value is -0.290. The molecule has 0 aromatic rings. The van der Waals surface area contributed by atoms with E-state index in [-0.39, 0.29) is 16.9 Å². The molecule has 0 radical (unpaired) electrons. The third kappa shape index (κ3) is 2.19. The first-order valence-corrected chi connectivity index (χ1v) is 6.98. The zero-order valence-electron chi connectivity index (χ0n) is 12.1. The second kappa shape index (κ2) is 4.35. The molecule has 19 heavy (non-hydrogen) atoms. The van der Waals surface area contributed by atoms with E-state index in [0.29, 0.717) is 5.92 Å². The lowest BCUT2D eigenvalue weighted by Crippen LogP contribution is -2.50. The molecule has 2 N–H and O–H groups in total. The smallest absolute Gasteiger partial charge is 0.363 e. The second-order valence-electron chi connectivity index (χ2n) is 7.06. The molecule has 2 rings (SSSR count). The van der Waals surface area contributed by atoms with Crippen LogP contribution < -0.4 is 5.73 Å². The minimum absolute atomic E-state index is 0.0473. The lowest BCUT2D eigenvalue weighted by Gasteiger charge is -2.41. The van der Waals surface area contributed by atoms with Gasteiger partial charge in [-0.1, -0.05) is 20.8 Å². The molecule has 0 spiro atoms. The van der Waals surface area contributed by atoms with Gasteiger partial charge in [0.2, 0.25) is 0 Å². The Morgan fingerprint density at radius 1 is 1.26 bits per heavy atom. The van der Waals surface area contributed by atoms with Crippen LogP contribution in [0.2, 0.25) is 0 Å². The molecule has 2 nitrogen and oxygen atoms in total. The molecule has 5 unspecified atom stereocenters. The van der Waals surface area contributed by atoms with E-state index >= 15 is 0 Å². The molecule has 0 aromatic carbocycles. The van der Waals surface area contributed by atoms with Crippen molar-refractivity contribution in [3.8, 4) is 0 Å². The standard InChI is InChI=1S/C14H24F3NO/c1-8(18)11(14(15,16)17)19-10-7-9-5-6-13(10,4)12(9,2)3/h8-11H,5-7,18H2,1-4H3. The van der Waals surface area contributed by atoms with Crippen molar-refractivity contribution in [2.75, 3.05) is 0 Å². The molecule has 5 atom stereocenters. The highest BCUT2D eigenvalue weighted by molar-refractivity contribution is 5.11. The molecule has 0 aliphatic heterocycles. The summed E-state index contributed by atoms with van der Waals surface area (Å²) in [6.45, 7) is 7.74. The number of hydrogen-bond donors (Lipinski definition) is 1. The van der Waals surface area contributed by atoms with Gasteiger partial charge in [-0.15, -0.1) is 0 Å². The van der Waals surface area contributed by atoms with Crippen molar-refractivity contribution in [3.05, 3.63) is 0 Å². The highest BCUT2D eigenvalue weighted by Crippen LogP contribution is 2.66. The molecule has 0 amide bonds. The quantitative estimate of drug-likeness (QED) is 0.858. The largest absolute Gasteiger partial charge is 0.416 e. The van der Waals surface area contributed by atoms with E-state index < -0.39 is 18.3 Å². The molecule has 2 bridgehead atoms. The van der Waals surface area contributed by atoms with Gasteiger partial charge < -0.3 is 10.5 Å². The van der Waals surface area contributed by atoms with E-state index in [1.807, 2.05) is 0 Å². The number of alkyl halides is 3. The van der Waals surface area contributed by atoms with Gasteiger partial charge in [-0.25, -0.2) is 0 Å². The molecule has 2 fully saturated rings. The molecule has 0 aromatic heterocycles. The van der Waals surface area contributed by atoms with Crippen LogP contribution in [0.25, 0.3) is 0 Å². The van der Waals surface area contributed by atoms with Crippen LogP contribution >= 0.6 is 0 Å². The molecule has 2 aliphatic rings. The fraction of sp³-hybridized carbons (Fsp3) is 1.00. The maximum absolute atomic E-state index is 13.0. The zero-order valence-corrected chi connectivity index (χ0v) is 12.1. The number of nitrogens with two attached hydrogens (primary N) is 1. The van der Waals surface area contributed by atoms with Gasteiger partial charge in [-0.3, -0.25) is 0 Å². The molecule has 112 valence electrons. The van der Waals surface area contributed by atoms with Crippen LogP contribution in [0.4, 0.5) is 13.2 Å². The van der Waals surface area contributed by atoms with Gasteiger partial charge in [0.1, 0.15) is 0 Å². The monoisotopic (exact) mass is 279 g/mol. The Bertz CT molecular complexity index is 353. The third-order valence-electron chi connectivity index (χ3n) is 5.82. The molecule has 2 aliphatic carbocycles. The third-order valence-corrected chi connectivity index (χ3v) is 5.82. The highest BCUT2D eigenvalue weighted by atomic mass is 19.4. The van der Waals surface area contributed by atoms with Crippen molar-refractivity contribution >= 4 is 0 Å². The van der Waals surface area contributed by atoms with E-state index in [1.54, 1.807) is 0 Å². The number of fused-ring (bicyclic) bond motifs is 2. The van der Waals surface area contributed by atoms with Crippen LogP contribution in [0.15, 0.2) is 0 Å². The minimum atomic E-state index is -4.39. The average molecular weight is 279 g/mol. The maximum atomic E-state index is 13.0. The van der Waals surface area contributed by atoms with Crippen LogP contribution in [-0.4, -0.2) is 24.4 Å². The number of rotatable bonds is 3. The molecule has 5 heteroatoms. The Balaban J connectivity index is 2.17. The summed E-state index contributed by atoms with van der Waals surface area (Å²) in [5.74, 6) is 0.462. The van der Waals surface area contributed by atoms with Crippen LogP contribution in [0.1, 0.15) is 47.0 Å². The van der Waals surface area contributed by atoms with Crippen LogP contribution in [-0.2, 0) is 4.74 Å². The summed E-state index contributed by atoms with van der Waals surface area (Å²) in [5, 5.41) is 0.